The highest BCUT2D eigenvalue weighted by Crippen LogP contribution is 2.27. The van der Waals surface area contributed by atoms with Crippen molar-refractivity contribution in [1.29, 1.82) is 0 Å². The third-order valence-corrected chi connectivity index (χ3v) is 26.1. The second-order valence-electron chi connectivity index (χ2n) is 16.4. The van der Waals surface area contributed by atoms with Gasteiger partial charge in [0.2, 0.25) is 0 Å². The van der Waals surface area contributed by atoms with Gasteiger partial charge in [0.25, 0.3) is 0 Å². The van der Waals surface area contributed by atoms with Gasteiger partial charge in [-0.15, -0.1) is 0 Å². The van der Waals surface area contributed by atoms with Crippen LogP contribution in [0.4, 0.5) is 0 Å². The number of nitrogens with zero attached hydrogens (tertiary/aromatic N) is 6. The second kappa shape index (κ2) is 11.1. The van der Waals surface area contributed by atoms with Gasteiger partial charge in [-0.1, -0.05) is 118 Å². The molecular weight excluding hydrogens is 541 g/mol. The normalized spacial score (nSPS) is 20.3. The molecule has 0 amide bonds. The molecule has 0 aromatic carbocycles. The minimum atomic E-state index is -1.64. The minimum absolute atomic E-state index is 0.834. The van der Waals surface area contributed by atoms with Gasteiger partial charge in [0, 0.05) is 12.1 Å². The molecule has 0 radical (unpaired) electrons. The standard InChI is InChI=1S/C24H60N6Si6/c1-31(2,3)28(32(4,5)6)25-22-19-20-23(26-29(33(7,8)9)34(10,11)12)24(21-22)27-30(35(13,14)15)36(16,17)18/h19-21H2,1-18H3/b25-22+,26-23-,27-24+. The number of rotatable bonds is 9. The van der Waals surface area contributed by atoms with Crippen LogP contribution in [0.5, 0.6) is 0 Å². The van der Waals surface area contributed by atoms with Gasteiger partial charge in [-0.2, -0.15) is 10.2 Å². The lowest BCUT2D eigenvalue weighted by molar-refractivity contribution is 0.647. The summed E-state index contributed by atoms with van der Waals surface area (Å²) in [4.78, 5) is 0. The molecule has 1 rings (SSSR count). The Kier molecular flexibility index (Phi) is 10.4. The Labute approximate surface area is 231 Å². The van der Waals surface area contributed by atoms with Gasteiger partial charge < -0.3 is 13.0 Å². The molecule has 1 saturated carbocycles. The van der Waals surface area contributed by atoms with E-state index in [-0.39, 0.29) is 0 Å². The molecule has 6 nitrogen and oxygen atoms in total. The second-order valence-corrected chi connectivity index (χ2v) is 46.3. The number of hydrogen-bond donors (Lipinski definition) is 0. The molecule has 1 fully saturated rings. The van der Waals surface area contributed by atoms with Crippen LogP contribution >= 0.6 is 0 Å². The first-order chi connectivity index (χ1) is 15.6. The zero-order valence-corrected chi connectivity index (χ0v) is 33.3. The van der Waals surface area contributed by atoms with Crippen molar-refractivity contribution in [2.45, 2.75) is 137 Å². The number of hydrazone groups is 3. The van der Waals surface area contributed by atoms with Crippen molar-refractivity contribution in [2.75, 3.05) is 0 Å². The van der Waals surface area contributed by atoms with E-state index in [2.05, 4.69) is 131 Å². The van der Waals surface area contributed by atoms with E-state index in [1.807, 2.05) is 0 Å². The predicted octanol–water partition coefficient (Wildman–Crippen LogP) is 8.15. The maximum Gasteiger partial charge on any atom is 0.158 e. The minimum Gasteiger partial charge on any atom is -0.350 e. The molecule has 0 saturated heterocycles. The third kappa shape index (κ3) is 9.79. The van der Waals surface area contributed by atoms with Gasteiger partial charge in [0.1, 0.15) is 0 Å². The molecule has 0 atom stereocenters. The van der Waals surface area contributed by atoms with Crippen molar-refractivity contribution in [2.24, 2.45) is 15.3 Å². The molecule has 0 unspecified atom stereocenters. The Morgan fingerprint density at radius 1 is 0.389 bits per heavy atom. The molecule has 0 bridgehead atoms. The fourth-order valence-corrected chi connectivity index (χ4v) is 32.1. The zero-order valence-electron chi connectivity index (χ0n) is 27.3. The van der Waals surface area contributed by atoms with Crippen molar-refractivity contribution in [3.63, 3.8) is 0 Å². The van der Waals surface area contributed by atoms with E-state index in [1.165, 1.54) is 17.1 Å². The van der Waals surface area contributed by atoms with E-state index < -0.39 is 49.4 Å². The van der Waals surface area contributed by atoms with Crippen molar-refractivity contribution >= 4 is 66.5 Å². The average Bonchev–Trinajstić information content (AvgIpc) is 2.57. The lowest BCUT2D eigenvalue weighted by Crippen LogP contribution is -2.58. The van der Waals surface area contributed by atoms with Gasteiger partial charge in [-0.05, 0) is 12.8 Å². The van der Waals surface area contributed by atoms with E-state index in [4.69, 9.17) is 15.3 Å². The van der Waals surface area contributed by atoms with Crippen LogP contribution in [0.3, 0.4) is 0 Å². The van der Waals surface area contributed by atoms with E-state index in [0.717, 1.165) is 19.3 Å². The largest absolute Gasteiger partial charge is 0.350 e. The molecule has 0 aromatic heterocycles. The SMILES string of the molecule is C[Si](C)(C)N(/N=C1/CC/C(=N\N([Si](C)(C)C)[Si](C)(C)C)C/C1=N\N([Si](C)(C)C)[Si](C)(C)C)[Si](C)(C)C. The van der Waals surface area contributed by atoms with Crippen LogP contribution in [-0.2, 0) is 0 Å². The average molecular weight is 601 g/mol. The fourth-order valence-electron chi connectivity index (χ4n) is 5.38. The van der Waals surface area contributed by atoms with E-state index in [9.17, 15) is 0 Å². The van der Waals surface area contributed by atoms with Crippen LogP contribution < -0.4 is 0 Å². The summed E-state index contributed by atoms with van der Waals surface area (Å²) in [6.45, 7) is 43.7. The van der Waals surface area contributed by atoms with Crippen LogP contribution in [0.25, 0.3) is 0 Å². The highest BCUT2D eigenvalue weighted by atomic mass is 28.4. The summed E-state index contributed by atoms with van der Waals surface area (Å²) >= 11 is 0. The molecule has 210 valence electrons. The van der Waals surface area contributed by atoms with Crippen LogP contribution in [0.15, 0.2) is 15.3 Å². The maximum absolute atomic E-state index is 5.53. The summed E-state index contributed by atoms with van der Waals surface area (Å²) in [5.74, 6) is 0. The van der Waals surface area contributed by atoms with Crippen molar-refractivity contribution in [3.05, 3.63) is 0 Å². The Bertz CT molecular complexity index is 816. The van der Waals surface area contributed by atoms with Crippen molar-refractivity contribution < 1.29 is 0 Å². The summed E-state index contributed by atoms with van der Waals surface area (Å²) in [5, 5.41) is 16.4. The third-order valence-electron chi connectivity index (χ3n) is 5.85. The number of hydrogen-bond acceptors (Lipinski definition) is 6. The van der Waals surface area contributed by atoms with Crippen molar-refractivity contribution in [3.8, 4) is 0 Å². The Morgan fingerprint density at radius 3 is 0.972 bits per heavy atom. The van der Waals surface area contributed by atoms with Crippen LogP contribution in [0.1, 0.15) is 19.3 Å². The summed E-state index contributed by atoms with van der Waals surface area (Å²) in [7, 11) is -9.65. The smallest absolute Gasteiger partial charge is 0.158 e. The quantitative estimate of drug-likeness (QED) is 0.198. The zero-order chi connectivity index (χ0) is 28.7. The summed E-state index contributed by atoms with van der Waals surface area (Å²) in [5.41, 5.74) is 3.70. The van der Waals surface area contributed by atoms with Gasteiger partial charge in [0.15, 0.2) is 49.4 Å². The lowest BCUT2D eigenvalue weighted by Gasteiger charge is -2.44. The molecule has 1 aliphatic carbocycles. The van der Waals surface area contributed by atoms with Crippen molar-refractivity contribution in [1.82, 2.24) is 13.0 Å². The van der Waals surface area contributed by atoms with Crippen LogP contribution in [0, 0.1) is 0 Å². The van der Waals surface area contributed by atoms with Gasteiger partial charge in [-0.3, -0.25) is 0 Å². The molecule has 0 aromatic rings. The van der Waals surface area contributed by atoms with E-state index >= 15 is 0 Å². The van der Waals surface area contributed by atoms with Gasteiger partial charge >= 0.3 is 0 Å². The Morgan fingerprint density at radius 2 is 0.667 bits per heavy atom. The van der Waals surface area contributed by atoms with Crippen LogP contribution in [0.2, 0.25) is 118 Å². The molecule has 36 heavy (non-hydrogen) atoms. The molecular formula is C24H60N6Si6. The maximum atomic E-state index is 5.53. The predicted molar refractivity (Wildman–Crippen MR) is 182 cm³/mol. The Hall–Kier alpha value is -0.289. The van der Waals surface area contributed by atoms with Crippen LogP contribution in [-0.4, -0.2) is 79.6 Å². The topological polar surface area (TPSA) is 46.8 Å². The first-order valence-electron chi connectivity index (χ1n) is 13.8. The van der Waals surface area contributed by atoms with E-state index in [1.54, 1.807) is 0 Å². The molecule has 12 heteroatoms. The molecule has 0 aliphatic heterocycles. The molecule has 0 N–H and O–H groups in total. The van der Waals surface area contributed by atoms with Gasteiger partial charge in [-0.25, -0.2) is 5.10 Å². The summed E-state index contributed by atoms with van der Waals surface area (Å²) in [6, 6.07) is 0. The highest BCUT2D eigenvalue weighted by Gasteiger charge is 2.39. The first-order valence-corrected chi connectivity index (χ1v) is 34.5. The van der Waals surface area contributed by atoms with E-state index in [0.29, 0.717) is 0 Å². The van der Waals surface area contributed by atoms with Gasteiger partial charge in [0.05, 0.1) is 11.4 Å². The Balaban J connectivity index is 3.77. The molecule has 0 heterocycles. The molecule has 0 spiro atoms. The highest BCUT2D eigenvalue weighted by molar-refractivity contribution is 6.91. The monoisotopic (exact) mass is 600 g/mol. The first kappa shape index (κ1) is 33.7. The molecule has 1 aliphatic rings. The summed E-state index contributed by atoms with van der Waals surface area (Å²) < 4.78 is 7.70. The lowest BCUT2D eigenvalue weighted by atomic mass is 9.94. The summed E-state index contributed by atoms with van der Waals surface area (Å²) in [6.07, 6.45) is 2.77. The fraction of sp³-hybridized carbons (Fsp3) is 0.875.